The molecule has 4 rings (SSSR count). The number of carbonyl (C=O) groups is 2. The number of hydrogen-bond acceptors (Lipinski definition) is 6. The van der Waals surface area contributed by atoms with Crippen molar-refractivity contribution in [1.29, 1.82) is 0 Å². The summed E-state index contributed by atoms with van der Waals surface area (Å²) in [6.07, 6.45) is 1.49. The monoisotopic (exact) mass is 452 g/mol. The van der Waals surface area contributed by atoms with E-state index in [1.807, 2.05) is 39.0 Å². The van der Waals surface area contributed by atoms with Crippen molar-refractivity contribution in [3.8, 4) is 5.75 Å². The molecule has 3 heterocycles. The molecule has 0 spiro atoms. The number of aromatic nitrogens is 2. The molecule has 2 amide bonds. The van der Waals surface area contributed by atoms with Crippen LogP contribution in [0.15, 0.2) is 40.9 Å². The third-order valence-electron chi connectivity index (χ3n) is 5.54. The Labute approximate surface area is 192 Å². The average molecular weight is 453 g/mol. The van der Waals surface area contributed by atoms with Gasteiger partial charge in [-0.3, -0.25) is 14.3 Å². The minimum Gasteiger partial charge on any atom is -0.485 e. The van der Waals surface area contributed by atoms with Gasteiger partial charge in [-0.15, -0.1) is 0 Å². The van der Waals surface area contributed by atoms with Crippen molar-refractivity contribution in [3.63, 3.8) is 0 Å². The summed E-state index contributed by atoms with van der Waals surface area (Å²) in [6, 6.07) is 9.24. The zero-order valence-corrected chi connectivity index (χ0v) is 19.1. The summed E-state index contributed by atoms with van der Waals surface area (Å²) >= 11 is 0. The minimum atomic E-state index is -0.458. The molecule has 0 bridgehead atoms. The second kappa shape index (κ2) is 9.91. The number of amides is 2. The highest BCUT2D eigenvalue weighted by Gasteiger charge is 2.26. The molecule has 1 aromatic carbocycles. The van der Waals surface area contributed by atoms with E-state index < -0.39 is 5.91 Å². The number of nitrogens with zero attached hydrogens (tertiary/aromatic N) is 3. The van der Waals surface area contributed by atoms with Gasteiger partial charge in [0, 0.05) is 19.6 Å². The Balaban J connectivity index is 1.45. The molecule has 9 nitrogen and oxygen atoms in total. The van der Waals surface area contributed by atoms with Crippen LogP contribution in [0.2, 0.25) is 0 Å². The van der Waals surface area contributed by atoms with E-state index in [0.717, 1.165) is 16.9 Å². The van der Waals surface area contributed by atoms with Crippen molar-refractivity contribution in [2.75, 3.05) is 31.6 Å². The molecule has 1 fully saturated rings. The molecule has 1 aliphatic rings. The van der Waals surface area contributed by atoms with Crippen LogP contribution in [0.25, 0.3) is 0 Å². The first-order valence-corrected chi connectivity index (χ1v) is 11.0. The molecule has 0 atom stereocenters. The topological polar surface area (TPSA) is 98.8 Å². The van der Waals surface area contributed by atoms with E-state index in [1.54, 1.807) is 21.7 Å². The molecular formula is C24H28N4O5. The van der Waals surface area contributed by atoms with Gasteiger partial charge in [0.15, 0.2) is 5.76 Å². The summed E-state index contributed by atoms with van der Waals surface area (Å²) in [7, 11) is 0. The molecule has 1 aliphatic heterocycles. The molecule has 3 aromatic rings. The first-order valence-electron chi connectivity index (χ1n) is 11.0. The molecule has 0 aliphatic carbocycles. The van der Waals surface area contributed by atoms with Gasteiger partial charge in [-0.25, -0.2) is 0 Å². The fourth-order valence-electron chi connectivity index (χ4n) is 3.79. The van der Waals surface area contributed by atoms with Gasteiger partial charge in [-0.1, -0.05) is 18.2 Å². The van der Waals surface area contributed by atoms with Crippen LogP contribution >= 0.6 is 0 Å². The first kappa shape index (κ1) is 22.6. The number of morpholine rings is 1. The Kier molecular flexibility index (Phi) is 6.79. The van der Waals surface area contributed by atoms with Gasteiger partial charge in [0.2, 0.25) is 0 Å². The number of aryl methyl sites for hydroxylation is 3. The number of ether oxygens (including phenoxy) is 2. The zero-order chi connectivity index (χ0) is 23.4. The van der Waals surface area contributed by atoms with Crippen molar-refractivity contribution in [2.24, 2.45) is 0 Å². The Morgan fingerprint density at radius 1 is 1.12 bits per heavy atom. The fraction of sp³-hybridized carbons (Fsp3) is 0.375. The van der Waals surface area contributed by atoms with Crippen LogP contribution in [0.3, 0.4) is 0 Å². The van der Waals surface area contributed by atoms with Gasteiger partial charge in [-0.05, 0) is 44.0 Å². The highest BCUT2D eigenvalue weighted by molar-refractivity contribution is 6.07. The van der Waals surface area contributed by atoms with Gasteiger partial charge in [0.05, 0.1) is 25.1 Å². The van der Waals surface area contributed by atoms with E-state index in [4.69, 9.17) is 13.9 Å². The molecular weight excluding hydrogens is 424 g/mol. The lowest BCUT2D eigenvalue weighted by Gasteiger charge is -2.27. The van der Waals surface area contributed by atoms with Gasteiger partial charge >= 0.3 is 0 Å². The third-order valence-corrected chi connectivity index (χ3v) is 5.54. The van der Waals surface area contributed by atoms with Crippen molar-refractivity contribution in [1.82, 2.24) is 14.7 Å². The lowest BCUT2D eigenvalue weighted by Crippen LogP contribution is -2.41. The molecule has 0 saturated carbocycles. The maximum Gasteiger partial charge on any atom is 0.291 e. The number of hydrogen-bond donors (Lipinski definition) is 1. The highest BCUT2D eigenvalue weighted by atomic mass is 16.5. The molecule has 9 heteroatoms. The van der Waals surface area contributed by atoms with E-state index in [-0.39, 0.29) is 18.3 Å². The van der Waals surface area contributed by atoms with Crippen LogP contribution in [-0.2, 0) is 17.9 Å². The summed E-state index contributed by atoms with van der Waals surface area (Å²) in [6.45, 7) is 8.55. The summed E-state index contributed by atoms with van der Waals surface area (Å²) in [5.74, 6) is 0.814. The number of anilines is 1. The minimum absolute atomic E-state index is 0.129. The number of carbonyl (C=O) groups excluding carboxylic acids is 2. The van der Waals surface area contributed by atoms with Crippen molar-refractivity contribution >= 4 is 17.5 Å². The Hall–Kier alpha value is -3.59. The molecule has 2 aromatic heterocycles. The third kappa shape index (κ3) is 4.93. The Bertz CT molecular complexity index is 1120. The summed E-state index contributed by atoms with van der Waals surface area (Å²) < 4.78 is 18.5. The summed E-state index contributed by atoms with van der Waals surface area (Å²) in [4.78, 5) is 27.6. The van der Waals surface area contributed by atoms with Crippen LogP contribution in [0, 0.1) is 13.8 Å². The van der Waals surface area contributed by atoms with Gasteiger partial charge in [-0.2, -0.15) is 5.10 Å². The van der Waals surface area contributed by atoms with E-state index in [9.17, 15) is 9.59 Å². The summed E-state index contributed by atoms with van der Waals surface area (Å²) in [5, 5.41) is 7.03. The molecule has 174 valence electrons. The van der Waals surface area contributed by atoms with Crippen molar-refractivity contribution in [3.05, 3.63) is 64.9 Å². The van der Waals surface area contributed by atoms with Crippen LogP contribution in [0.4, 0.5) is 5.69 Å². The van der Waals surface area contributed by atoms with E-state index >= 15 is 0 Å². The predicted molar refractivity (Wildman–Crippen MR) is 122 cm³/mol. The molecule has 1 saturated heterocycles. The van der Waals surface area contributed by atoms with Crippen LogP contribution < -0.4 is 10.1 Å². The second-order valence-corrected chi connectivity index (χ2v) is 7.86. The Morgan fingerprint density at radius 3 is 2.55 bits per heavy atom. The normalized spacial score (nSPS) is 13.7. The maximum atomic E-state index is 13.1. The molecule has 33 heavy (non-hydrogen) atoms. The summed E-state index contributed by atoms with van der Waals surface area (Å²) in [5.41, 5.74) is 2.76. The zero-order valence-electron chi connectivity index (χ0n) is 19.1. The van der Waals surface area contributed by atoms with Gasteiger partial charge in [0.25, 0.3) is 11.8 Å². The van der Waals surface area contributed by atoms with E-state index in [1.165, 1.54) is 6.20 Å². The largest absolute Gasteiger partial charge is 0.485 e. The number of benzene rings is 1. The number of nitrogens with one attached hydrogen (secondary N) is 1. The van der Waals surface area contributed by atoms with Crippen LogP contribution in [0.5, 0.6) is 5.75 Å². The molecule has 0 unspecified atom stereocenters. The smallest absolute Gasteiger partial charge is 0.291 e. The number of para-hydroxylation sites is 1. The first-order chi connectivity index (χ1) is 16.0. The van der Waals surface area contributed by atoms with Gasteiger partial charge < -0.3 is 24.1 Å². The number of rotatable bonds is 7. The van der Waals surface area contributed by atoms with E-state index in [2.05, 4.69) is 10.4 Å². The van der Waals surface area contributed by atoms with Crippen LogP contribution in [0.1, 0.15) is 44.9 Å². The predicted octanol–water partition coefficient (Wildman–Crippen LogP) is 3.42. The second-order valence-electron chi connectivity index (χ2n) is 7.86. The SMILES string of the molecule is CCn1ncc(NC(=O)c2ccc(COc3c(C)cccc3C)o2)c1C(=O)N1CCOCC1. The lowest BCUT2D eigenvalue weighted by molar-refractivity contribution is 0.0295. The van der Waals surface area contributed by atoms with Gasteiger partial charge in [0.1, 0.15) is 23.8 Å². The lowest BCUT2D eigenvalue weighted by atomic mass is 10.1. The molecule has 1 N–H and O–H groups in total. The fourth-order valence-corrected chi connectivity index (χ4v) is 3.79. The standard InChI is InChI=1S/C24H28N4O5/c1-4-28-21(24(30)27-10-12-31-13-11-27)19(14-25-28)26-23(29)20-9-8-18(33-20)15-32-22-16(2)6-5-7-17(22)3/h5-9,14H,4,10-13,15H2,1-3H3,(H,26,29). The number of furan rings is 1. The van der Waals surface area contributed by atoms with Crippen molar-refractivity contribution in [2.45, 2.75) is 33.9 Å². The Morgan fingerprint density at radius 2 is 1.85 bits per heavy atom. The highest BCUT2D eigenvalue weighted by Crippen LogP contribution is 2.24. The van der Waals surface area contributed by atoms with Crippen molar-refractivity contribution < 1.29 is 23.5 Å². The van der Waals surface area contributed by atoms with Crippen LogP contribution in [-0.4, -0.2) is 52.8 Å². The molecule has 0 radical (unpaired) electrons. The maximum absolute atomic E-state index is 13.1. The average Bonchev–Trinajstić information content (AvgIpc) is 3.46. The quantitative estimate of drug-likeness (QED) is 0.590. The van der Waals surface area contributed by atoms with E-state index in [0.29, 0.717) is 50.0 Å².